The highest BCUT2D eigenvalue weighted by Gasteiger charge is 2.41. The second-order valence-electron chi connectivity index (χ2n) is 7.34. The molecule has 2 aliphatic heterocycles. The second-order valence-corrected chi connectivity index (χ2v) is 7.34. The molecule has 3 heterocycles. The number of nitrogens with zero attached hydrogens (tertiary/aromatic N) is 4. The Balaban J connectivity index is 1.69. The molecule has 1 unspecified atom stereocenters. The Labute approximate surface area is 171 Å². The Morgan fingerprint density at radius 3 is 2.60 bits per heavy atom. The molecule has 1 aromatic heterocycles. The molecule has 0 fully saturated rings. The minimum absolute atomic E-state index is 0.251. The third kappa shape index (κ3) is 2.96. The van der Waals surface area contributed by atoms with Gasteiger partial charge in [0.2, 0.25) is 0 Å². The number of aromatic nitrogens is 2. The Morgan fingerprint density at radius 1 is 1.03 bits per heavy atom. The average molecular weight is 408 g/mol. The SMILES string of the molecule is OC1=C2c3nccn3C[C@H]([C@H](c3ccc(F)cc3)c3cccc(F)c3)N2N=CC1O. The first kappa shape index (κ1) is 18.5. The Kier molecular flexibility index (Phi) is 4.36. The van der Waals surface area contributed by atoms with Gasteiger partial charge in [0.15, 0.2) is 11.6 Å². The predicted octanol–water partition coefficient (Wildman–Crippen LogP) is 3.26. The van der Waals surface area contributed by atoms with Crippen molar-refractivity contribution in [2.45, 2.75) is 24.6 Å². The van der Waals surface area contributed by atoms with Gasteiger partial charge in [-0.1, -0.05) is 24.3 Å². The van der Waals surface area contributed by atoms with Crippen LogP contribution in [0, 0.1) is 11.6 Å². The first-order valence-electron chi connectivity index (χ1n) is 9.50. The van der Waals surface area contributed by atoms with Crippen LogP contribution < -0.4 is 0 Å². The van der Waals surface area contributed by atoms with Gasteiger partial charge >= 0.3 is 0 Å². The lowest BCUT2D eigenvalue weighted by Crippen LogP contribution is -2.46. The zero-order valence-electron chi connectivity index (χ0n) is 15.7. The number of aliphatic hydroxyl groups excluding tert-OH is 2. The van der Waals surface area contributed by atoms with E-state index in [4.69, 9.17) is 0 Å². The van der Waals surface area contributed by atoms with E-state index in [0.29, 0.717) is 23.6 Å². The molecule has 3 atom stereocenters. The van der Waals surface area contributed by atoms with Gasteiger partial charge in [-0.25, -0.2) is 13.8 Å². The molecule has 0 spiro atoms. The Bertz CT molecular complexity index is 1160. The molecule has 0 aliphatic carbocycles. The second kappa shape index (κ2) is 7.07. The molecule has 5 rings (SSSR count). The lowest BCUT2D eigenvalue weighted by molar-refractivity contribution is 0.169. The number of fused-ring (bicyclic) bond motifs is 3. The molecule has 0 radical (unpaired) electrons. The first-order chi connectivity index (χ1) is 14.5. The molecule has 2 aromatic carbocycles. The van der Waals surface area contributed by atoms with Crippen LogP contribution in [0.15, 0.2) is 71.8 Å². The van der Waals surface area contributed by atoms with Crippen molar-refractivity contribution >= 4 is 11.9 Å². The topological polar surface area (TPSA) is 73.9 Å². The lowest BCUT2D eigenvalue weighted by Gasteiger charge is -2.42. The van der Waals surface area contributed by atoms with Crippen LogP contribution in [-0.4, -0.2) is 43.1 Å². The van der Waals surface area contributed by atoms with Crippen molar-refractivity contribution in [2.75, 3.05) is 0 Å². The third-order valence-electron chi connectivity index (χ3n) is 5.53. The van der Waals surface area contributed by atoms with Gasteiger partial charge in [-0.15, -0.1) is 0 Å². The van der Waals surface area contributed by atoms with E-state index < -0.39 is 12.0 Å². The van der Waals surface area contributed by atoms with E-state index in [1.807, 2.05) is 10.6 Å². The van der Waals surface area contributed by atoms with E-state index in [2.05, 4.69) is 10.1 Å². The maximum Gasteiger partial charge on any atom is 0.161 e. The van der Waals surface area contributed by atoms with Crippen LogP contribution in [0.4, 0.5) is 8.78 Å². The number of hydrogen-bond acceptors (Lipinski definition) is 5. The van der Waals surface area contributed by atoms with Gasteiger partial charge in [-0.05, 0) is 35.4 Å². The lowest BCUT2D eigenvalue weighted by atomic mass is 9.83. The van der Waals surface area contributed by atoms with Crippen molar-refractivity contribution in [3.05, 3.63) is 95.3 Å². The molecule has 6 nitrogen and oxygen atoms in total. The molecule has 0 bridgehead atoms. The van der Waals surface area contributed by atoms with E-state index >= 15 is 0 Å². The number of hydrogen-bond donors (Lipinski definition) is 2. The molecule has 8 heteroatoms. The fourth-order valence-electron chi connectivity index (χ4n) is 4.20. The van der Waals surface area contributed by atoms with Crippen LogP contribution >= 0.6 is 0 Å². The summed E-state index contributed by atoms with van der Waals surface area (Å²) in [6.45, 7) is 0.443. The molecular weight excluding hydrogens is 390 g/mol. The number of hydrazone groups is 1. The van der Waals surface area contributed by atoms with Gasteiger partial charge < -0.3 is 14.8 Å². The fourth-order valence-corrected chi connectivity index (χ4v) is 4.20. The zero-order valence-corrected chi connectivity index (χ0v) is 15.7. The number of imidazole rings is 1. The van der Waals surface area contributed by atoms with Crippen molar-refractivity contribution < 1.29 is 19.0 Å². The van der Waals surface area contributed by atoms with E-state index in [0.717, 1.165) is 5.56 Å². The largest absolute Gasteiger partial charge is 0.507 e. The highest BCUT2D eigenvalue weighted by molar-refractivity contribution is 5.77. The first-order valence-corrected chi connectivity index (χ1v) is 9.50. The van der Waals surface area contributed by atoms with Gasteiger partial charge in [0.1, 0.15) is 23.4 Å². The van der Waals surface area contributed by atoms with Crippen LogP contribution in [0.25, 0.3) is 5.70 Å². The molecule has 152 valence electrons. The normalized spacial score (nSPS) is 21.4. The fraction of sp³-hybridized carbons (Fsp3) is 0.182. The van der Waals surface area contributed by atoms with Crippen molar-refractivity contribution in [3.63, 3.8) is 0 Å². The van der Waals surface area contributed by atoms with Gasteiger partial charge in [-0.3, -0.25) is 5.01 Å². The Hall–Kier alpha value is -3.52. The van der Waals surface area contributed by atoms with Gasteiger partial charge in [0.25, 0.3) is 0 Å². The molecule has 0 saturated carbocycles. The van der Waals surface area contributed by atoms with Crippen LogP contribution in [-0.2, 0) is 6.54 Å². The smallest absolute Gasteiger partial charge is 0.161 e. The summed E-state index contributed by atoms with van der Waals surface area (Å²) in [5.74, 6) is -0.910. The minimum atomic E-state index is -1.24. The van der Waals surface area contributed by atoms with Gasteiger partial charge in [0.05, 0.1) is 12.3 Å². The molecule has 3 aromatic rings. The van der Waals surface area contributed by atoms with Crippen molar-refractivity contribution in [1.29, 1.82) is 0 Å². The number of benzene rings is 2. The summed E-state index contributed by atoms with van der Waals surface area (Å²) in [4.78, 5) is 4.30. The quantitative estimate of drug-likeness (QED) is 0.698. The maximum absolute atomic E-state index is 14.1. The highest BCUT2D eigenvalue weighted by atomic mass is 19.1. The zero-order chi connectivity index (χ0) is 20.8. The summed E-state index contributed by atoms with van der Waals surface area (Å²) in [5, 5.41) is 26.7. The van der Waals surface area contributed by atoms with E-state index in [-0.39, 0.29) is 23.4 Å². The standard InChI is InChI=1S/C22H18F2N4O2/c23-15-6-4-13(5-7-15)19(14-2-1-3-16(24)10-14)17-12-27-9-8-25-22(27)20-21(30)18(29)11-26-28(17)20/h1-11,17-19,29-30H,12H2/t17-,18?,19-/m1/s1. The highest BCUT2D eigenvalue weighted by Crippen LogP contribution is 2.40. The number of halogens is 2. The third-order valence-corrected chi connectivity index (χ3v) is 5.53. The molecular formula is C22H18F2N4O2. The number of rotatable bonds is 3. The Morgan fingerprint density at radius 2 is 1.83 bits per heavy atom. The van der Waals surface area contributed by atoms with Crippen LogP contribution in [0.3, 0.4) is 0 Å². The summed E-state index contributed by atoms with van der Waals surface area (Å²) in [6, 6.07) is 11.9. The van der Waals surface area contributed by atoms with E-state index in [1.165, 1.54) is 30.5 Å². The molecule has 0 saturated heterocycles. The van der Waals surface area contributed by atoms with Crippen molar-refractivity contribution in [2.24, 2.45) is 5.10 Å². The minimum Gasteiger partial charge on any atom is -0.507 e. The maximum atomic E-state index is 14.1. The van der Waals surface area contributed by atoms with Crippen LogP contribution in [0.1, 0.15) is 22.9 Å². The number of aliphatic hydroxyl groups is 2. The molecule has 2 N–H and O–H groups in total. The monoisotopic (exact) mass is 408 g/mol. The van der Waals surface area contributed by atoms with Crippen molar-refractivity contribution in [3.8, 4) is 0 Å². The van der Waals surface area contributed by atoms with Crippen molar-refractivity contribution in [1.82, 2.24) is 14.6 Å². The predicted molar refractivity (Wildman–Crippen MR) is 107 cm³/mol. The van der Waals surface area contributed by atoms with Gasteiger partial charge in [0, 0.05) is 24.9 Å². The summed E-state index contributed by atoms with van der Waals surface area (Å²) < 4.78 is 29.6. The van der Waals surface area contributed by atoms with Gasteiger partial charge in [-0.2, -0.15) is 5.10 Å². The summed E-state index contributed by atoms with van der Waals surface area (Å²) in [5.41, 5.74) is 1.76. The van der Waals surface area contributed by atoms with E-state index in [9.17, 15) is 19.0 Å². The summed E-state index contributed by atoms with van der Waals surface area (Å²) in [6.07, 6.45) is 3.39. The average Bonchev–Trinajstić information content (AvgIpc) is 3.20. The molecule has 0 amide bonds. The van der Waals surface area contributed by atoms with E-state index in [1.54, 1.807) is 35.6 Å². The molecule has 2 aliphatic rings. The summed E-state index contributed by atoms with van der Waals surface area (Å²) in [7, 11) is 0. The molecule has 30 heavy (non-hydrogen) atoms. The summed E-state index contributed by atoms with van der Waals surface area (Å²) >= 11 is 0. The van der Waals surface area contributed by atoms with Crippen LogP contribution in [0.5, 0.6) is 0 Å². The van der Waals surface area contributed by atoms with Crippen LogP contribution in [0.2, 0.25) is 0 Å².